The van der Waals surface area contributed by atoms with Crippen LogP contribution in [0.25, 0.3) is 0 Å². The molecule has 106 valence electrons. The van der Waals surface area contributed by atoms with Crippen molar-refractivity contribution in [1.29, 1.82) is 0 Å². The van der Waals surface area contributed by atoms with Gasteiger partial charge in [0, 0.05) is 22.2 Å². The van der Waals surface area contributed by atoms with Gasteiger partial charge >= 0.3 is 0 Å². The van der Waals surface area contributed by atoms with E-state index in [1.807, 2.05) is 43.3 Å². The van der Waals surface area contributed by atoms with Crippen LogP contribution in [0.1, 0.15) is 24.1 Å². The Morgan fingerprint density at radius 3 is 2.60 bits per heavy atom. The van der Waals surface area contributed by atoms with E-state index in [9.17, 15) is 0 Å². The highest BCUT2D eigenvalue weighted by Gasteiger charge is 2.10. The average molecular weight is 292 g/mol. The van der Waals surface area contributed by atoms with Crippen molar-refractivity contribution in [2.75, 3.05) is 7.11 Å². The number of rotatable bonds is 5. The Balaban J connectivity index is 2.19. The summed E-state index contributed by atoms with van der Waals surface area (Å²) in [5.41, 5.74) is 7.83. The predicted molar refractivity (Wildman–Crippen MR) is 81.4 cm³/mol. The largest absolute Gasteiger partial charge is 0.496 e. The molecule has 0 spiro atoms. The summed E-state index contributed by atoms with van der Waals surface area (Å²) in [5, 5.41) is 0.655. The zero-order valence-corrected chi connectivity index (χ0v) is 12.4. The van der Waals surface area contributed by atoms with E-state index in [2.05, 4.69) is 0 Å². The predicted octanol–water partition coefficient (Wildman–Crippen LogP) is 3.95. The third-order valence-corrected chi connectivity index (χ3v) is 3.27. The lowest BCUT2D eigenvalue weighted by Crippen LogP contribution is -2.08. The van der Waals surface area contributed by atoms with Crippen LogP contribution >= 0.6 is 11.6 Å². The molecule has 0 heterocycles. The Labute approximate surface area is 124 Å². The summed E-state index contributed by atoms with van der Waals surface area (Å²) in [7, 11) is 1.65. The number of nitrogens with two attached hydrogens (primary N) is 1. The monoisotopic (exact) mass is 291 g/mol. The summed E-state index contributed by atoms with van der Waals surface area (Å²) in [6.45, 7) is 2.33. The van der Waals surface area contributed by atoms with Crippen molar-refractivity contribution in [3.63, 3.8) is 0 Å². The quantitative estimate of drug-likeness (QED) is 0.907. The Bertz CT molecular complexity index is 584. The standard InChI is InChI=1S/C16H18ClNO2/c1-11(18)14-9-13(17)7-8-16(14)20-10-12-5-3-4-6-15(12)19-2/h3-9,11H,10,18H2,1-2H3/t11-/m0/s1. The van der Waals surface area contributed by atoms with E-state index in [-0.39, 0.29) is 6.04 Å². The molecule has 0 unspecified atom stereocenters. The van der Waals surface area contributed by atoms with E-state index < -0.39 is 0 Å². The molecule has 0 amide bonds. The van der Waals surface area contributed by atoms with Gasteiger partial charge in [-0.05, 0) is 31.2 Å². The smallest absolute Gasteiger partial charge is 0.125 e. The zero-order valence-electron chi connectivity index (χ0n) is 11.6. The molecule has 20 heavy (non-hydrogen) atoms. The van der Waals surface area contributed by atoms with E-state index in [1.165, 1.54) is 0 Å². The summed E-state index contributed by atoms with van der Waals surface area (Å²) in [6, 6.07) is 13.1. The molecule has 1 atom stereocenters. The van der Waals surface area contributed by atoms with Gasteiger partial charge in [-0.25, -0.2) is 0 Å². The fourth-order valence-corrected chi connectivity index (χ4v) is 2.16. The van der Waals surface area contributed by atoms with E-state index >= 15 is 0 Å². The molecule has 0 saturated heterocycles. The molecule has 0 radical (unpaired) electrons. The molecule has 0 aliphatic heterocycles. The molecule has 4 heteroatoms. The average Bonchev–Trinajstić information content (AvgIpc) is 2.46. The molecule has 2 N–H and O–H groups in total. The second-order valence-corrected chi connectivity index (χ2v) is 5.01. The normalized spacial score (nSPS) is 12.0. The molecule has 2 aromatic rings. The van der Waals surface area contributed by atoms with E-state index in [0.29, 0.717) is 11.6 Å². The Hall–Kier alpha value is -1.71. The van der Waals surface area contributed by atoms with Gasteiger partial charge in [-0.15, -0.1) is 0 Å². The molecular formula is C16H18ClNO2. The number of methoxy groups -OCH3 is 1. The number of benzene rings is 2. The van der Waals surface area contributed by atoms with Gasteiger partial charge in [-0.1, -0.05) is 29.8 Å². The van der Waals surface area contributed by atoms with Gasteiger partial charge in [0.05, 0.1) is 7.11 Å². The van der Waals surface area contributed by atoms with Crippen molar-refractivity contribution in [3.8, 4) is 11.5 Å². The van der Waals surface area contributed by atoms with Crippen molar-refractivity contribution in [1.82, 2.24) is 0 Å². The van der Waals surface area contributed by atoms with Crippen LogP contribution in [0.2, 0.25) is 5.02 Å². The van der Waals surface area contributed by atoms with Crippen molar-refractivity contribution in [3.05, 3.63) is 58.6 Å². The molecule has 0 aliphatic carbocycles. The van der Waals surface area contributed by atoms with Gasteiger partial charge in [-0.2, -0.15) is 0 Å². The van der Waals surface area contributed by atoms with Crippen molar-refractivity contribution >= 4 is 11.6 Å². The lowest BCUT2D eigenvalue weighted by Gasteiger charge is -2.15. The number of halogens is 1. The van der Waals surface area contributed by atoms with Crippen LogP contribution in [0.15, 0.2) is 42.5 Å². The van der Waals surface area contributed by atoms with E-state index in [1.54, 1.807) is 13.2 Å². The number of para-hydroxylation sites is 1. The molecule has 2 aromatic carbocycles. The zero-order chi connectivity index (χ0) is 14.5. The molecule has 0 saturated carbocycles. The second kappa shape index (κ2) is 6.64. The maximum absolute atomic E-state index is 5.99. The van der Waals surface area contributed by atoms with Crippen LogP contribution in [-0.4, -0.2) is 7.11 Å². The van der Waals surface area contributed by atoms with Gasteiger partial charge < -0.3 is 15.2 Å². The van der Waals surface area contributed by atoms with Crippen molar-refractivity contribution in [2.24, 2.45) is 5.73 Å². The lowest BCUT2D eigenvalue weighted by atomic mass is 10.1. The van der Waals surface area contributed by atoms with Crippen LogP contribution in [0.5, 0.6) is 11.5 Å². The number of hydrogen-bond donors (Lipinski definition) is 1. The highest BCUT2D eigenvalue weighted by atomic mass is 35.5. The summed E-state index contributed by atoms with van der Waals surface area (Å²) < 4.78 is 11.2. The third-order valence-electron chi connectivity index (χ3n) is 3.04. The first-order valence-electron chi connectivity index (χ1n) is 6.41. The highest BCUT2D eigenvalue weighted by Crippen LogP contribution is 2.28. The first-order valence-corrected chi connectivity index (χ1v) is 6.79. The highest BCUT2D eigenvalue weighted by molar-refractivity contribution is 6.30. The Morgan fingerprint density at radius 1 is 1.15 bits per heavy atom. The minimum absolute atomic E-state index is 0.138. The summed E-state index contributed by atoms with van der Waals surface area (Å²) in [4.78, 5) is 0. The maximum atomic E-state index is 5.99. The van der Waals surface area contributed by atoms with E-state index in [0.717, 1.165) is 22.6 Å². The summed E-state index contributed by atoms with van der Waals surface area (Å²) in [6.07, 6.45) is 0. The third kappa shape index (κ3) is 3.44. The first kappa shape index (κ1) is 14.7. The lowest BCUT2D eigenvalue weighted by molar-refractivity contribution is 0.292. The Kier molecular flexibility index (Phi) is 4.88. The van der Waals surface area contributed by atoms with Crippen molar-refractivity contribution < 1.29 is 9.47 Å². The number of ether oxygens (including phenoxy) is 2. The molecule has 2 rings (SSSR count). The topological polar surface area (TPSA) is 44.5 Å². The Morgan fingerprint density at radius 2 is 1.90 bits per heavy atom. The minimum atomic E-state index is -0.138. The van der Waals surface area contributed by atoms with Crippen molar-refractivity contribution in [2.45, 2.75) is 19.6 Å². The van der Waals surface area contributed by atoms with Gasteiger partial charge in [0.15, 0.2) is 0 Å². The van der Waals surface area contributed by atoms with Gasteiger partial charge in [0.1, 0.15) is 18.1 Å². The summed E-state index contributed by atoms with van der Waals surface area (Å²) >= 11 is 5.99. The molecule has 0 fully saturated rings. The van der Waals surface area contributed by atoms with Crippen LogP contribution in [-0.2, 0) is 6.61 Å². The molecule has 0 bridgehead atoms. The molecular weight excluding hydrogens is 274 g/mol. The minimum Gasteiger partial charge on any atom is -0.496 e. The molecule has 3 nitrogen and oxygen atoms in total. The van der Waals surface area contributed by atoms with Gasteiger partial charge in [-0.3, -0.25) is 0 Å². The van der Waals surface area contributed by atoms with Crippen LogP contribution in [0, 0.1) is 0 Å². The van der Waals surface area contributed by atoms with E-state index in [4.69, 9.17) is 26.8 Å². The SMILES string of the molecule is COc1ccccc1COc1ccc(Cl)cc1[C@H](C)N. The number of hydrogen-bond acceptors (Lipinski definition) is 3. The fraction of sp³-hybridized carbons (Fsp3) is 0.250. The fourth-order valence-electron chi connectivity index (χ4n) is 1.98. The second-order valence-electron chi connectivity index (χ2n) is 4.57. The molecule has 0 aromatic heterocycles. The first-order chi connectivity index (χ1) is 9.61. The molecule has 0 aliphatic rings. The van der Waals surface area contributed by atoms with Gasteiger partial charge in [0.25, 0.3) is 0 Å². The summed E-state index contributed by atoms with van der Waals surface area (Å²) in [5.74, 6) is 1.55. The van der Waals surface area contributed by atoms with Gasteiger partial charge in [0.2, 0.25) is 0 Å². The van der Waals surface area contributed by atoms with Crippen LogP contribution < -0.4 is 15.2 Å². The van der Waals surface area contributed by atoms with Crippen LogP contribution in [0.3, 0.4) is 0 Å². The maximum Gasteiger partial charge on any atom is 0.125 e. The van der Waals surface area contributed by atoms with Crippen LogP contribution in [0.4, 0.5) is 0 Å².